The number of amides is 3. The molecule has 1 fully saturated rings. The first-order chi connectivity index (χ1) is 9.50. The van der Waals surface area contributed by atoms with Crippen LogP contribution < -0.4 is 0 Å². The minimum Gasteiger partial charge on any atom is -0.318 e. The molecule has 1 aromatic rings. The van der Waals surface area contributed by atoms with E-state index in [-0.39, 0.29) is 36.3 Å². The Hall–Kier alpha value is -1.91. The third kappa shape index (κ3) is 1.80. The Kier molecular flexibility index (Phi) is 3.00. The summed E-state index contributed by atoms with van der Waals surface area (Å²) < 4.78 is 13.9. The lowest BCUT2D eigenvalue weighted by atomic mass is 9.79. The molecule has 3 rings (SSSR count). The summed E-state index contributed by atoms with van der Waals surface area (Å²) in [5.74, 6) is -0.304. The second-order valence-corrected chi connectivity index (χ2v) is 5.67. The van der Waals surface area contributed by atoms with Crippen LogP contribution in [0.2, 0.25) is 0 Å². The minimum absolute atomic E-state index is 0.104. The van der Waals surface area contributed by atoms with Crippen LogP contribution in [0.5, 0.6) is 0 Å². The molecule has 20 heavy (non-hydrogen) atoms. The molecule has 1 aromatic carbocycles. The molecule has 4 nitrogen and oxygen atoms in total. The number of nitrogens with zero attached hydrogens (tertiary/aromatic N) is 2. The topological polar surface area (TPSA) is 40.6 Å². The number of rotatable bonds is 1. The Morgan fingerprint density at radius 1 is 1.30 bits per heavy atom. The summed E-state index contributed by atoms with van der Waals surface area (Å²) in [7, 11) is 1.61. The first-order valence-electron chi connectivity index (χ1n) is 6.85. The lowest BCUT2D eigenvalue weighted by molar-refractivity contribution is -0.127. The predicted molar refractivity (Wildman–Crippen MR) is 71.5 cm³/mol. The highest BCUT2D eigenvalue weighted by atomic mass is 19.1. The number of carbonyl (C=O) groups excluding carboxylic acids is 2. The predicted octanol–water partition coefficient (Wildman–Crippen LogP) is 2.34. The zero-order valence-electron chi connectivity index (χ0n) is 11.6. The van der Waals surface area contributed by atoms with E-state index in [0.29, 0.717) is 12.0 Å². The van der Waals surface area contributed by atoms with Crippen molar-refractivity contribution in [2.24, 2.45) is 5.92 Å². The summed E-state index contributed by atoms with van der Waals surface area (Å²) in [5, 5.41) is 0. The summed E-state index contributed by atoms with van der Waals surface area (Å²) in [6.45, 7) is 2.12. The Balaban J connectivity index is 2.08. The van der Waals surface area contributed by atoms with Gasteiger partial charge in [0, 0.05) is 7.05 Å². The van der Waals surface area contributed by atoms with E-state index in [9.17, 15) is 14.0 Å². The quantitative estimate of drug-likeness (QED) is 0.739. The highest BCUT2D eigenvalue weighted by molar-refractivity contribution is 6.02. The van der Waals surface area contributed by atoms with E-state index in [0.717, 1.165) is 12.0 Å². The van der Waals surface area contributed by atoms with Gasteiger partial charge in [0.25, 0.3) is 5.91 Å². The zero-order valence-corrected chi connectivity index (χ0v) is 11.6. The molecule has 2 atom stereocenters. The Morgan fingerprint density at radius 2 is 2.05 bits per heavy atom. The molecule has 5 heteroatoms. The third-order valence-corrected chi connectivity index (χ3v) is 4.31. The number of imide groups is 1. The number of fused-ring (bicyclic) bond motifs is 1. The normalized spacial score (nSPS) is 26.1. The van der Waals surface area contributed by atoms with Crippen molar-refractivity contribution in [3.63, 3.8) is 0 Å². The van der Waals surface area contributed by atoms with Crippen molar-refractivity contribution >= 4 is 11.9 Å². The molecule has 0 radical (unpaired) electrons. The van der Waals surface area contributed by atoms with Crippen molar-refractivity contribution in [1.82, 2.24) is 9.80 Å². The smallest absolute Gasteiger partial charge is 0.318 e. The number of likely N-dealkylation sites (N-methyl/N-ethyl adjacent to an activating group) is 1. The van der Waals surface area contributed by atoms with Gasteiger partial charge in [-0.3, -0.25) is 9.69 Å². The molecule has 0 N–H and O–H groups in total. The highest BCUT2D eigenvalue weighted by Crippen LogP contribution is 2.40. The van der Waals surface area contributed by atoms with Crippen LogP contribution in [0, 0.1) is 11.7 Å². The summed E-state index contributed by atoms with van der Waals surface area (Å²) in [6, 6.07) is 4.28. The minimum atomic E-state index is -0.348. The number of halogens is 1. The standard InChI is InChI=1S/C15H17FN2O2/c1-9-6-7-10-11(4-3-5-12(10)16)14(9)18-13(19)8-17(2)15(18)20/h3-5,9,14H,6-8H2,1-2H3/t9-,14-/m0/s1. The number of carbonyl (C=O) groups is 2. The van der Waals surface area contributed by atoms with Gasteiger partial charge < -0.3 is 4.90 Å². The van der Waals surface area contributed by atoms with Crippen molar-refractivity contribution < 1.29 is 14.0 Å². The number of hydrogen-bond donors (Lipinski definition) is 0. The maximum Gasteiger partial charge on any atom is 0.327 e. The van der Waals surface area contributed by atoms with E-state index < -0.39 is 0 Å². The molecule has 0 spiro atoms. The molecular formula is C15H17FN2O2. The average Bonchev–Trinajstić information content (AvgIpc) is 2.65. The van der Waals surface area contributed by atoms with Crippen molar-refractivity contribution in [2.75, 3.05) is 13.6 Å². The lowest BCUT2D eigenvalue weighted by Crippen LogP contribution is -2.40. The highest BCUT2D eigenvalue weighted by Gasteiger charge is 2.43. The van der Waals surface area contributed by atoms with Gasteiger partial charge in [-0.25, -0.2) is 9.18 Å². The van der Waals surface area contributed by atoms with E-state index in [1.54, 1.807) is 13.1 Å². The second-order valence-electron chi connectivity index (χ2n) is 5.67. The summed E-state index contributed by atoms with van der Waals surface area (Å²) in [5.41, 5.74) is 1.42. The van der Waals surface area contributed by atoms with Crippen molar-refractivity contribution in [1.29, 1.82) is 0 Å². The second kappa shape index (κ2) is 4.58. The number of hydrogen-bond acceptors (Lipinski definition) is 2. The number of urea groups is 1. The van der Waals surface area contributed by atoms with Crippen LogP contribution in [0.4, 0.5) is 9.18 Å². The lowest BCUT2D eigenvalue weighted by Gasteiger charge is -2.36. The Bertz CT molecular complexity index is 587. The SMILES string of the molecule is C[C@H]1CCc2c(F)cccc2[C@H]1N1C(=O)CN(C)C1=O. The molecule has 0 saturated carbocycles. The molecule has 3 amide bonds. The zero-order chi connectivity index (χ0) is 14.4. The first-order valence-corrected chi connectivity index (χ1v) is 6.85. The van der Waals surface area contributed by atoms with Crippen LogP contribution in [-0.4, -0.2) is 35.3 Å². The van der Waals surface area contributed by atoms with E-state index >= 15 is 0 Å². The van der Waals surface area contributed by atoms with Crippen LogP contribution in [0.15, 0.2) is 18.2 Å². The molecule has 1 aliphatic carbocycles. The summed E-state index contributed by atoms with van der Waals surface area (Å²) >= 11 is 0. The van der Waals surface area contributed by atoms with Gasteiger partial charge in [-0.1, -0.05) is 19.1 Å². The van der Waals surface area contributed by atoms with Gasteiger partial charge >= 0.3 is 6.03 Å². The van der Waals surface area contributed by atoms with Gasteiger partial charge in [-0.15, -0.1) is 0 Å². The molecule has 0 unspecified atom stereocenters. The maximum absolute atomic E-state index is 13.9. The van der Waals surface area contributed by atoms with Gasteiger partial charge in [-0.2, -0.15) is 0 Å². The Morgan fingerprint density at radius 3 is 2.70 bits per heavy atom. The third-order valence-electron chi connectivity index (χ3n) is 4.31. The van der Waals surface area contributed by atoms with Gasteiger partial charge in [0.1, 0.15) is 12.4 Å². The molecule has 1 heterocycles. The molecule has 1 aliphatic heterocycles. The van der Waals surface area contributed by atoms with Gasteiger partial charge in [0.2, 0.25) is 0 Å². The van der Waals surface area contributed by atoms with Gasteiger partial charge in [-0.05, 0) is 36.0 Å². The Labute approximate surface area is 117 Å². The van der Waals surface area contributed by atoms with E-state index in [1.165, 1.54) is 15.9 Å². The summed E-state index contributed by atoms with van der Waals surface area (Å²) in [6.07, 6.45) is 1.44. The van der Waals surface area contributed by atoms with Crippen LogP contribution >= 0.6 is 0 Å². The molecule has 106 valence electrons. The van der Waals surface area contributed by atoms with Crippen molar-refractivity contribution in [2.45, 2.75) is 25.8 Å². The van der Waals surface area contributed by atoms with E-state index in [2.05, 4.69) is 0 Å². The average molecular weight is 276 g/mol. The van der Waals surface area contributed by atoms with Crippen LogP contribution in [0.1, 0.15) is 30.5 Å². The molecule has 2 aliphatic rings. The van der Waals surface area contributed by atoms with E-state index in [1.807, 2.05) is 13.0 Å². The molecule has 0 bridgehead atoms. The van der Waals surface area contributed by atoms with Gasteiger partial charge in [0.15, 0.2) is 0 Å². The van der Waals surface area contributed by atoms with Crippen LogP contribution in [0.3, 0.4) is 0 Å². The molecule has 1 saturated heterocycles. The van der Waals surface area contributed by atoms with Crippen LogP contribution in [0.25, 0.3) is 0 Å². The number of benzene rings is 1. The van der Waals surface area contributed by atoms with Crippen LogP contribution in [-0.2, 0) is 11.2 Å². The van der Waals surface area contributed by atoms with Crippen molar-refractivity contribution in [3.8, 4) is 0 Å². The van der Waals surface area contributed by atoms with Crippen molar-refractivity contribution in [3.05, 3.63) is 35.1 Å². The molecule has 0 aromatic heterocycles. The summed E-state index contributed by atoms with van der Waals surface area (Å²) in [4.78, 5) is 27.0. The van der Waals surface area contributed by atoms with E-state index in [4.69, 9.17) is 0 Å². The first kappa shape index (κ1) is 13.1. The largest absolute Gasteiger partial charge is 0.327 e. The fourth-order valence-corrected chi connectivity index (χ4v) is 3.26. The van der Waals surface area contributed by atoms with Gasteiger partial charge in [0.05, 0.1) is 6.04 Å². The monoisotopic (exact) mass is 276 g/mol. The molecular weight excluding hydrogens is 259 g/mol. The fraction of sp³-hybridized carbons (Fsp3) is 0.467. The fourth-order valence-electron chi connectivity index (χ4n) is 3.26. The maximum atomic E-state index is 13.9.